The zero-order chi connectivity index (χ0) is 26.7. The summed E-state index contributed by atoms with van der Waals surface area (Å²) in [6, 6.07) is 20.2. The Hall–Kier alpha value is -3.45. The van der Waals surface area contributed by atoms with E-state index in [1.54, 1.807) is 15.5 Å². The van der Waals surface area contributed by atoms with Crippen LogP contribution < -0.4 is 10.9 Å². The van der Waals surface area contributed by atoms with Gasteiger partial charge in [-0.1, -0.05) is 61.0 Å². The van der Waals surface area contributed by atoms with Gasteiger partial charge < -0.3 is 10.2 Å². The van der Waals surface area contributed by atoms with Crippen LogP contribution in [0.25, 0.3) is 16.6 Å². The zero-order valence-electron chi connectivity index (χ0n) is 22.0. The van der Waals surface area contributed by atoms with Crippen molar-refractivity contribution in [3.8, 4) is 5.69 Å². The molecule has 2 amide bonds. The van der Waals surface area contributed by atoms with Crippen molar-refractivity contribution >= 4 is 38.6 Å². The van der Waals surface area contributed by atoms with Gasteiger partial charge in [0, 0.05) is 16.7 Å². The highest BCUT2D eigenvalue weighted by Gasteiger charge is 2.30. The summed E-state index contributed by atoms with van der Waals surface area (Å²) in [5.41, 5.74) is 4.16. The topological polar surface area (TPSA) is 67.2 Å². The monoisotopic (exact) mass is 560 g/mol. The molecule has 0 bridgehead atoms. The Labute approximate surface area is 226 Å². The van der Waals surface area contributed by atoms with Crippen molar-refractivity contribution in [2.75, 3.05) is 11.9 Å². The summed E-state index contributed by atoms with van der Waals surface area (Å²) in [7, 11) is 0. The molecule has 0 radical (unpaired) electrons. The van der Waals surface area contributed by atoms with Crippen LogP contribution in [0.4, 0.5) is 10.5 Å². The Bertz CT molecular complexity index is 1490. The molecule has 0 saturated carbocycles. The molecule has 7 heteroatoms. The van der Waals surface area contributed by atoms with Crippen LogP contribution in [0.15, 0.2) is 76.0 Å². The predicted octanol–water partition coefficient (Wildman–Crippen LogP) is 7.41. The number of hydrogen-bond acceptors (Lipinski definition) is 3. The van der Waals surface area contributed by atoms with Gasteiger partial charge >= 0.3 is 6.03 Å². The SMILES string of the molecule is CCC(c1nc2ccccc2c(=O)n1-c1ccc(C)c(C)c1)N(CC(C)C)C(=O)Nc1cccc(Br)c1. The first-order valence-corrected chi connectivity index (χ1v) is 13.4. The Balaban J connectivity index is 1.90. The summed E-state index contributed by atoms with van der Waals surface area (Å²) in [6.45, 7) is 10.8. The second-order valence-electron chi connectivity index (χ2n) is 9.81. The number of urea groups is 1. The number of benzene rings is 3. The highest BCUT2D eigenvalue weighted by Crippen LogP contribution is 2.28. The molecule has 1 heterocycles. The summed E-state index contributed by atoms with van der Waals surface area (Å²) in [4.78, 5) is 34.4. The molecular weight excluding hydrogens is 528 g/mol. The van der Waals surface area contributed by atoms with Crippen LogP contribution >= 0.6 is 15.9 Å². The second-order valence-corrected chi connectivity index (χ2v) is 10.7. The molecule has 192 valence electrons. The van der Waals surface area contributed by atoms with Gasteiger partial charge in [0.25, 0.3) is 5.56 Å². The van der Waals surface area contributed by atoms with Crippen LogP contribution in [-0.2, 0) is 0 Å². The molecule has 1 unspecified atom stereocenters. The van der Waals surface area contributed by atoms with Gasteiger partial charge in [-0.15, -0.1) is 0 Å². The van der Waals surface area contributed by atoms with Gasteiger partial charge in [-0.2, -0.15) is 0 Å². The maximum absolute atomic E-state index is 13.9. The van der Waals surface area contributed by atoms with Gasteiger partial charge in [0.1, 0.15) is 5.82 Å². The number of carbonyl (C=O) groups is 1. The maximum atomic E-state index is 13.9. The van der Waals surface area contributed by atoms with E-state index in [9.17, 15) is 9.59 Å². The van der Waals surface area contributed by atoms with Crippen LogP contribution in [0.2, 0.25) is 0 Å². The van der Waals surface area contributed by atoms with E-state index in [2.05, 4.69) is 35.1 Å². The Morgan fingerprint density at radius 1 is 1.03 bits per heavy atom. The molecule has 3 aromatic carbocycles. The number of aryl methyl sites for hydroxylation is 2. The molecule has 0 aliphatic rings. The van der Waals surface area contributed by atoms with Crippen molar-refractivity contribution in [1.82, 2.24) is 14.5 Å². The Morgan fingerprint density at radius 2 is 1.78 bits per heavy atom. The van der Waals surface area contributed by atoms with Gasteiger partial charge in [0.15, 0.2) is 0 Å². The van der Waals surface area contributed by atoms with E-state index in [-0.39, 0.29) is 17.5 Å². The van der Waals surface area contributed by atoms with E-state index >= 15 is 0 Å². The first kappa shape index (κ1) is 26.6. The summed E-state index contributed by atoms with van der Waals surface area (Å²) in [6.07, 6.45) is 0.592. The minimum Gasteiger partial charge on any atom is -0.314 e. The van der Waals surface area contributed by atoms with E-state index in [1.807, 2.05) is 81.4 Å². The van der Waals surface area contributed by atoms with Crippen molar-refractivity contribution in [2.24, 2.45) is 5.92 Å². The van der Waals surface area contributed by atoms with Crippen LogP contribution in [0.3, 0.4) is 0 Å². The van der Waals surface area contributed by atoms with Gasteiger partial charge in [-0.25, -0.2) is 9.78 Å². The third-order valence-electron chi connectivity index (χ3n) is 6.51. The molecule has 0 aliphatic carbocycles. The molecule has 1 atom stereocenters. The van der Waals surface area contributed by atoms with Gasteiger partial charge in [0.2, 0.25) is 0 Å². The lowest BCUT2D eigenvalue weighted by Gasteiger charge is -2.33. The zero-order valence-corrected chi connectivity index (χ0v) is 23.5. The first-order chi connectivity index (χ1) is 17.7. The minimum absolute atomic E-state index is 0.140. The van der Waals surface area contributed by atoms with E-state index < -0.39 is 6.04 Å². The molecule has 0 saturated heterocycles. The van der Waals surface area contributed by atoms with Gasteiger partial charge in [0.05, 0.1) is 22.6 Å². The van der Waals surface area contributed by atoms with E-state index in [0.29, 0.717) is 35.4 Å². The summed E-state index contributed by atoms with van der Waals surface area (Å²) in [5, 5.41) is 3.59. The lowest BCUT2D eigenvalue weighted by atomic mass is 10.1. The molecule has 4 rings (SSSR count). The fraction of sp³-hybridized carbons (Fsp3) is 0.300. The van der Waals surface area contributed by atoms with E-state index in [4.69, 9.17) is 4.98 Å². The fourth-order valence-electron chi connectivity index (χ4n) is 4.54. The Kier molecular flexibility index (Phi) is 8.13. The first-order valence-electron chi connectivity index (χ1n) is 12.6. The van der Waals surface area contributed by atoms with Crippen LogP contribution in [0, 0.1) is 19.8 Å². The molecule has 1 N–H and O–H groups in total. The average molecular weight is 562 g/mol. The summed E-state index contributed by atoms with van der Waals surface area (Å²) in [5.74, 6) is 0.768. The van der Waals surface area contributed by atoms with Crippen LogP contribution in [-0.4, -0.2) is 27.0 Å². The maximum Gasteiger partial charge on any atom is 0.322 e. The van der Waals surface area contributed by atoms with E-state index in [1.165, 1.54) is 0 Å². The number of hydrogen-bond donors (Lipinski definition) is 1. The fourth-order valence-corrected chi connectivity index (χ4v) is 4.94. The molecule has 0 fully saturated rings. The van der Waals surface area contributed by atoms with Crippen molar-refractivity contribution in [2.45, 2.75) is 47.1 Å². The van der Waals surface area contributed by atoms with Gasteiger partial charge in [-0.05, 0) is 79.8 Å². The smallest absolute Gasteiger partial charge is 0.314 e. The van der Waals surface area contributed by atoms with E-state index in [0.717, 1.165) is 21.3 Å². The number of nitrogens with zero attached hydrogens (tertiary/aromatic N) is 3. The number of aromatic nitrogens is 2. The normalized spacial score (nSPS) is 12.1. The number of fused-ring (bicyclic) bond motifs is 1. The molecule has 0 spiro atoms. The summed E-state index contributed by atoms with van der Waals surface area (Å²) < 4.78 is 2.57. The van der Waals surface area contributed by atoms with Crippen molar-refractivity contribution < 1.29 is 4.79 Å². The molecule has 37 heavy (non-hydrogen) atoms. The number of rotatable bonds is 7. The number of anilines is 1. The predicted molar refractivity (Wildman–Crippen MR) is 155 cm³/mol. The molecule has 1 aromatic heterocycles. The number of amides is 2. The van der Waals surface area contributed by atoms with Gasteiger partial charge in [-0.3, -0.25) is 9.36 Å². The number of para-hydroxylation sites is 1. The standard InChI is InChI=1S/C30H33BrN4O2/c1-6-27(34(18-19(2)3)30(37)32-23-11-9-10-22(31)17-23)28-33-26-13-8-7-12-25(26)29(36)35(28)24-15-14-20(4)21(5)16-24/h7-17,19,27H,6,18H2,1-5H3,(H,32,37). The lowest BCUT2D eigenvalue weighted by Crippen LogP contribution is -2.42. The van der Waals surface area contributed by atoms with Crippen LogP contribution in [0.5, 0.6) is 0 Å². The van der Waals surface area contributed by atoms with Crippen LogP contribution in [0.1, 0.15) is 50.2 Å². The van der Waals surface area contributed by atoms with Crippen molar-refractivity contribution in [3.63, 3.8) is 0 Å². The molecule has 4 aromatic rings. The molecular formula is C30H33BrN4O2. The number of carbonyl (C=O) groups excluding carboxylic acids is 1. The third kappa shape index (κ3) is 5.77. The number of nitrogens with one attached hydrogen (secondary N) is 1. The Morgan fingerprint density at radius 3 is 2.46 bits per heavy atom. The van der Waals surface area contributed by atoms with Crippen molar-refractivity contribution in [1.29, 1.82) is 0 Å². The second kappa shape index (κ2) is 11.3. The summed E-state index contributed by atoms with van der Waals surface area (Å²) >= 11 is 3.47. The number of halogens is 1. The third-order valence-corrected chi connectivity index (χ3v) is 7.00. The van der Waals surface area contributed by atoms with Crippen molar-refractivity contribution in [3.05, 3.63) is 98.5 Å². The minimum atomic E-state index is -0.423. The molecule has 6 nitrogen and oxygen atoms in total. The quantitative estimate of drug-likeness (QED) is 0.256. The highest BCUT2D eigenvalue weighted by atomic mass is 79.9. The molecule has 0 aliphatic heterocycles. The lowest BCUT2D eigenvalue weighted by molar-refractivity contribution is 0.171. The average Bonchev–Trinajstić information content (AvgIpc) is 2.86. The largest absolute Gasteiger partial charge is 0.322 e. The highest BCUT2D eigenvalue weighted by molar-refractivity contribution is 9.10.